The molecule has 0 fully saturated rings. The Bertz CT molecular complexity index is 506. The zero-order chi connectivity index (χ0) is 12.3. The minimum atomic E-state index is -0.620. The highest BCUT2D eigenvalue weighted by molar-refractivity contribution is 9.09. The molecular formula is C10H7BrN2O3. The summed E-state index contributed by atoms with van der Waals surface area (Å²) in [6.07, 6.45) is 0. The lowest BCUT2D eigenvalue weighted by atomic mass is 9.99. The van der Waals surface area contributed by atoms with Crippen LogP contribution in [0.2, 0.25) is 0 Å². The SMILES string of the molecule is Cc1c(C#N)cc([N+](=O)[O-])cc1C(=O)CBr. The van der Waals surface area contributed by atoms with Crippen LogP contribution in [-0.2, 0) is 0 Å². The Labute approximate surface area is 100.0 Å². The number of nitro groups is 1. The summed E-state index contributed by atoms with van der Waals surface area (Å²) in [5.41, 5.74) is 0.588. The fourth-order valence-corrected chi connectivity index (χ4v) is 1.58. The Balaban J connectivity index is 3.49. The smallest absolute Gasteiger partial charge is 0.271 e. The molecule has 0 aliphatic rings. The van der Waals surface area contributed by atoms with E-state index in [-0.39, 0.29) is 27.9 Å². The van der Waals surface area contributed by atoms with Gasteiger partial charge in [0.25, 0.3) is 5.69 Å². The summed E-state index contributed by atoms with van der Waals surface area (Å²) in [5, 5.41) is 19.5. The molecule has 16 heavy (non-hydrogen) atoms. The van der Waals surface area contributed by atoms with Crippen LogP contribution in [0.1, 0.15) is 21.5 Å². The van der Waals surface area contributed by atoms with E-state index >= 15 is 0 Å². The number of alkyl halides is 1. The molecule has 6 heteroatoms. The normalized spacial score (nSPS) is 9.56. The predicted molar refractivity (Wildman–Crippen MR) is 60.7 cm³/mol. The van der Waals surface area contributed by atoms with Crippen LogP contribution in [-0.4, -0.2) is 16.0 Å². The van der Waals surface area contributed by atoms with E-state index in [2.05, 4.69) is 15.9 Å². The molecule has 1 rings (SSSR count). The van der Waals surface area contributed by atoms with Crippen LogP contribution in [0.4, 0.5) is 5.69 Å². The maximum absolute atomic E-state index is 11.5. The Morgan fingerprint density at radius 1 is 1.62 bits per heavy atom. The molecule has 0 radical (unpaired) electrons. The largest absolute Gasteiger partial charge is 0.293 e. The van der Waals surface area contributed by atoms with E-state index < -0.39 is 4.92 Å². The van der Waals surface area contributed by atoms with Crippen molar-refractivity contribution in [3.63, 3.8) is 0 Å². The van der Waals surface area contributed by atoms with Crippen molar-refractivity contribution in [2.75, 3.05) is 5.33 Å². The molecule has 82 valence electrons. The number of nitro benzene ring substituents is 1. The minimum absolute atomic E-state index is 0.0693. The summed E-state index contributed by atoms with van der Waals surface area (Å²) in [4.78, 5) is 21.5. The molecule has 0 heterocycles. The van der Waals surface area contributed by atoms with Crippen molar-refractivity contribution in [1.82, 2.24) is 0 Å². The van der Waals surface area contributed by atoms with Crippen molar-refractivity contribution >= 4 is 27.4 Å². The first-order chi connectivity index (χ1) is 7.51. The number of hydrogen-bond donors (Lipinski definition) is 0. The van der Waals surface area contributed by atoms with Gasteiger partial charge in [0.05, 0.1) is 21.9 Å². The monoisotopic (exact) mass is 282 g/mol. The Hall–Kier alpha value is -1.74. The Morgan fingerprint density at radius 3 is 2.69 bits per heavy atom. The van der Waals surface area contributed by atoms with Crippen LogP contribution >= 0.6 is 15.9 Å². The summed E-state index contributed by atoms with van der Waals surface area (Å²) in [6, 6.07) is 4.20. The summed E-state index contributed by atoms with van der Waals surface area (Å²) < 4.78 is 0. The van der Waals surface area contributed by atoms with Crippen molar-refractivity contribution in [2.45, 2.75) is 6.92 Å². The molecule has 0 atom stereocenters. The van der Waals surface area contributed by atoms with E-state index in [0.29, 0.717) is 5.56 Å². The van der Waals surface area contributed by atoms with Gasteiger partial charge in [-0.2, -0.15) is 5.26 Å². The van der Waals surface area contributed by atoms with Gasteiger partial charge in [-0.25, -0.2) is 0 Å². The number of nitrogens with zero attached hydrogens (tertiary/aromatic N) is 2. The summed E-state index contributed by atoms with van der Waals surface area (Å²) in [6.45, 7) is 1.60. The zero-order valence-corrected chi connectivity index (χ0v) is 9.94. The first-order valence-corrected chi connectivity index (χ1v) is 5.41. The number of non-ortho nitro benzene ring substituents is 1. The average molecular weight is 283 g/mol. The molecule has 0 saturated heterocycles. The van der Waals surface area contributed by atoms with Crippen molar-refractivity contribution in [2.24, 2.45) is 0 Å². The van der Waals surface area contributed by atoms with Gasteiger partial charge in [0.15, 0.2) is 5.78 Å². The lowest BCUT2D eigenvalue weighted by Gasteiger charge is -2.04. The number of rotatable bonds is 3. The van der Waals surface area contributed by atoms with Crippen LogP contribution in [0, 0.1) is 28.4 Å². The number of carbonyl (C=O) groups excluding carboxylic acids is 1. The summed E-state index contributed by atoms with van der Waals surface area (Å²) in [5.74, 6) is -0.280. The number of Topliss-reactive ketones (excluding diaryl/α,β-unsaturated/α-hetero) is 1. The highest BCUT2D eigenvalue weighted by Gasteiger charge is 2.17. The third kappa shape index (κ3) is 2.25. The molecule has 0 amide bonds. The predicted octanol–water partition coefficient (Wildman–Crippen LogP) is 2.35. The van der Waals surface area contributed by atoms with Crippen LogP contribution < -0.4 is 0 Å². The van der Waals surface area contributed by atoms with Crippen molar-refractivity contribution in [3.05, 3.63) is 38.9 Å². The summed E-state index contributed by atoms with van der Waals surface area (Å²) in [7, 11) is 0. The van der Waals surface area contributed by atoms with Gasteiger partial charge in [0, 0.05) is 17.7 Å². The average Bonchev–Trinajstić information content (AvgIpc) is 2.28. The number of ketones is 1. The number of nitriles is 1. The van der Waals surface area contributed by atoms with Gasteiger partial charge < -0.3 is 0 Å². The molecule has 0 aliphatic carbocycles. The second-order valence-electron chi connectivity index (χ2n) is 3.09. The minimum Gasteiger partial charge on any atom is -0.293 e. The van der Waals surface area contributed by atoms with Gasteiger partial charge in [0.1, 0.15) is 0 Å². The second-order valence-corrected chi connectivity index (χ2v) is 3.65. The lowest BCUT2D eigenvalue weighted by molar-refractivity contribution is -0.384. The molecule has 1 aromatic carbocycles. The van der Waals surface area contributed by atoms with Crippen LogP contribution in [0.15, 0.2) is 12.1 Å². The fourth-order valence-electron chi connectivity index (χ4n) is 1.28. The quantitative estimate of drug-likeness (QED) is 0.369. The number of halogens is 1. The van der Waals surface area contributed by atoms with Crippen LogP contribution in [0.25, 0.3) is 0 Å². The fraction of sp³-hybridized carbons (Fsp3) is 0.200. The van der Waals surface area contributed by atoms with E-state index in [0.717, 1.165) is 0 Å². The van der Waals surface area contributed by atoms with Crippen molar-refractivity contribution < 1.29 is 9.72 Å². The maximum atomic E-state index is 11.5. The highest BCUT2D eigenvalue weighted by atomic mass is 79.9. The number of carbonyl (C=O) groups is 1. The lowest BCUT2D eigenvalue weighted by Crippen LogP contribution is -2.05. The van der Waals surface area contributed by atoms with Crippen molar-refractivity contribution in [3.8, 4) is 6.07 Å². The third-order valence-electron chi connectivity index (χ3n) is 2.15. The van der Waals surface area contributed by atoms with Gasteiger partial charge in [0.2, 0.25) is 0 Å². The Kier molecular flexibility index (Phi) is 3.74. The molecule has 1 aromatic rings. The molecule has 0 saturated carbocycles. The van der Waals surface area contributed by atoms with Crippen molar-refractivity contribution in [1.29, 1.82) is 5.26 Å². The van der Waals surface area contributed by atoms with Crippen LogP contribution in [0.3, 0.4) is 0 Å². The molecule has 0 aromatic heterocycles. The van der Waals surface area contributed by atoms with Gasteiger partial charge in [-0.3, -0.25) is 14.9 Å². The number of benzene rings is 1. The maximum Gasteiger partial charge on any atom is 0.271 e. The molecule has 0 spiro atoms. The molecule has 0 unspecified atom stereocenters. The van der Waals surface area contributed by atoms with E-state index in [1.807, 2.05) is 6.07 Å². The zero-order valence-electron chi connectivity index (χ0n) is 8.36. The van der Waals surface area contributed by atoms with Crippen LogP contribution in [0.5, 0.6) is 0 Å². The molecule has 0 aliphatic heterocycles. The number of hydrogen-bond acceptors (Lipinski definition) is 4. The topological polar surface area (TPSA) is 84.0 Å². The molecule has 0 N–H and O–H groups in total. The molecule has 5 nitrogen and oxygen atoms in total. The first kappa shape index (κ1) is 12.3. The van der Waals surface area contributed by atoms with E-state index in [1.165, 1.54) is 12.1 Å². The molecule has 0 bridgehead atoms. The van der Waals surface area contributed by atoms with Gasteiger partial charge >= 0.3 is 0 Å². The van der Waals surface area contributed by atoms with E-state index in [9.17, 15) is 14.9 Å². The van der Waals surface area contributed by atoms with Gasteiger partial charge in [-0.05, 0) is 12.5 Å². The van der Waals surface area contributed by atoms with E-state index in [1.54, 1.807) is 6.92 Å². The summed E-state index contributed by atoms with van der Waals surface area (Å²) >= 11 is 2.99. The van der Waals surface area contributed by atoms with Gasteiger partial charge in [-0.1, -0.05) is 15.9 Å². The standard InChI is InChI=1S/C10H7BrN2O3/c1-6-7(5-12)2-8(13(15)16)3-9(6)10(14)4-11/h2-3H,4H2,1H3. The third-order valence-corrected chi connectivity index (χ3v) is 2.65. The van der Waals surface area contributed by atoms with Gasteiger partial charge in [-0.15, -0.1) is 0 Å². The second kappa shape index (κ2) is 4.86. The van der Waals surface area contributed by atoms with E-state index in [4.69, 9.17) is 5.26 Å². The first-order valence-electron chi connectivity index (χ1n) is 4.29. The molecular weight excluding hydrogens is 276 g/mol. The Morgan fingerprint density at radius 2 is 2.25 bits per heavy atom. The highest BCUT2D eigenvalue weighted by Crippen LogP contribution is 2.22.